The molecule has 0 aliphatic carbocycles. The molecule has 6 nitrogen and oxygen atoms in total. The minimum atomic E-state index is -4.50. The van der Waals surface area contributed by atoms with E-state index in [0.717, 1.165) is 12.1 Å². The molecular weight excluding hydrogens is 426 g/mol. The number of fused-ring (bicyclic) bond motifs is 1. The Morgan fingerprint density at radius 1 is 1.20 bits per heavy atom. The Bertz CT molecular complexity index is 1170. The summed E-state index contributed by atoms with van der Waals surface area (Å²) < 4.78 is 83.0. The Morgan fingerprint density at radius 2 is 1.90 bits per heavy atom. The van der Waals surface area contributed by atoms with Gasteiger partial charge in [-0.25, -0.2) is 26.0 Å². The third kappa shape index (κ3) is 3.26. The van der Waals surface area contributed by atoms with E-state index in [9.17, 15) is 31.1 Å². The van der Waals surface area contributed by atoms with Gasteiger partial charge >= 0.3 is 0 Å². The molecule has 2 aliphatic rings. The van der Waals surface area contributed by atoms with Crippen LogP contribution in [0.1, 0.15) is 17.5 Å². The van der Waals surface area contributed by atoms with Crippen LogP contribution in [0.25, 0.3) is 11.1 Å². The van der Waals surface area contributed by atoms with Gasteiger partial charge in [-0.15, -0.1) is 0 Å². The van der Waals surface area contributed by atoms with Gasteiger partial charge in [0.1, 0.15) is 17.5 Å². The summed E-state index contributed by atoms with van der Waals surface area (Å²) in [6.07, 6.45) is -0.827. The second-order valence-corrected chi connectivity index (χ2v) is 9.14. The van der Waals surface area contributed by atoms with Gasteiger partial charge in [0.05, 0.1) is 36.2 Å². The molecule has 1 atom stereocenters. The summed E-state index contributed by atoms with van der Waals surface area (Å²) in [6.45, 7) is -1.69. The summed E-state index contributed by atoms with van der Waals surface area (Å²) in [6, 6.07) is 4.32. The van der Waals surface area contributed by atoms with Crippen LogP contribution in [0.2, 0.25) is 0 Å². The summed E-state index contributed by atoms with van der Waals surface area (Å²) in [5.74, 6) is -5.13. The highest BCUT2D eigenvalue weighted by molar-refractivity contribution is 7.89. The number of alkyl halides is 2. The summed E-state index contributed by atoms with van der Waals surface area (Å²) in [5.41, 5.74) is 5.98. The highest BCUT2D eigenvalue weighted by Gasteiger charge is 2.49. The number of nitrogens with two attached hydrogens (primary N) is 1. The van der Waals surface area contributed by atoms with Crippen LogP contribution in [0.4, 0.5) is 17.6 Å². The quantitative estimate of drug-likeness (QED) is 0.709. The number of hydrogen-bond acceptors (Lipinski definition) is 5. The number of benzene rings is 2. The second-order valence-electron chi connectivity index (χ2n) is 7.25. The van der Waals surface area contributed by atoms with E-state index in [1.807, 2.05) is 0 Å². The largest absolute Gasteiger partial charge is 0.395 e. The highest BCUT2D eigenvalue weighted by atomic mass is 32.2. The number of halogens is 4. The molecule has 4 rings (SSSR count). The van der Waals surface area contributed by atoms with Crippen molar-refractivity contribution in [3.05, 3.63) is 53.1 Å². The maximum atomic E-state index is 14.9. The number of aliphatic hydroxyl groups excluding tert-OH is 1. The van der Waals surface area contributed by atoms with Crippen LogP contribution in [0.3, 0.4) is 0 Å². The number of aliphatic imine (C=N–C) groups is 1. The lowest BCUT2D eigenvalue weighted by Crippen LogP contribution is -2.38. The molecule has 0 spiro atoms. The highest BCUT2D eigenvalue weighted by Crippen LogP contribution is 2.37. The molecule has 0 saturated carbocycles. The van der Waals surface area contributed by atoms with E-state index in [0.29, 0.717) is 15.9 Å². The summed E-state index contributed by atoms with van der Waals surface area (Å²) in [5, 5.41) is 9.28. The van der Waals surface area contributed by atoms with E-state index < -0.39 is 58.1 Å². The van der Waals surface area contributed by atoms with Crippen molar-refractivity contribution in [3.63, 3.8) is 0 Å². The number of sulfonamides is 1. The predicted molar refractivity (Wildman–Crippen MR) is 101 cm³/mol. The molecule has 1 saturated heterocycles. The minimum Gasteiger partial charge on any atom is -0.395 e. The topological polar surface area (TPSA) is 96.0 Å². The Morgan fingerprint density at radius 3 is 2.57 bits per heavy atom. The number of nitrogens with zero attached hydrogens (tertiary/aromatic N) is 2. The van der Waals surface area contributed by atoms with Gasteiger partial charge in [0, 0.05) is 17.5 Å². The van der Waals surface area contributed by atoms with Crippen molar-refractivity contribution in [3.8, 4) is 11.1 Å². The number of aliphatic hydroxyl groups is 1. The third-order valence-corrected chi connectivity index (χ3v) is 7.18. The average molecular weight is 443 g/mol. The van der Waals surface area contributed by atoms with Gasteiger partial charge in [-0.1, -0.05) is 12.1 Å². The zero-order chi connectivity index (χ0) is 21.8. The summed E-state index contributed by atoms with van der Waals surface area (Å²) >= 11 is 0. The molecule has 0 unspecified atom stereocenters. The van der Waals surface area contributed by atoms with Gasteiger partial charge in [-0.2, -0.15) is 4.31 Å². The van der Waals surface area contributed by atoms with Crippen molar-refractivity contribution in [2.45, 2.75) is 29.8 Å². The molecule has 0 radical (unpaired) electrons. The maximum absolute atomic E-state index is 14.9. The predicted octanol–water partition coefficient (Wildman–Crippen LogP) is 2.24. The van der Waals surface area contributed by atoms with Gasteiger partial charge in [0.15, 0.2) is 0 Å². The molecule has 0 amide bonds. The fourth-order valence-corrected chi connectivity index (χ4v) is 5.45. The standard InChI is InChI=1S/C19H17F4N3O3S/c20-15-5-12(30(28,29)26-9-19(22,23)6-11(26)8-27)2-4-13(15)14-3-1-10-7-25-18(24)16(10)17(14)21/h1-5,11,27H,6-9H2,(H2,24,25)/t11-/m0/s1. The van der Waals surface area contributed by atoms with E-state index in [1.54, 1.807) is 6.07 Å². The monoisotopic (exact) mass is 443 g/mol. The SMILES string of the molecule is NC1=NCc2ccc(-c3ccc(S(=O)(=O)N4CC(F)(F)C[C@H]4CO)cc3F)c(F)c21. The van der Waals surface area contributed by atoms with Crippen molar-refractivity contribution in [2.75, 3.05) is 13.2 Å². The maximum Gasteiger partial charge on any atom is 0.263 e. The first-order chi connectivity index (χ1) is 14.0. The first kappa shape index (κ1) is 20.8. The molecule has 11 heteroatoms. The average Bonchev–Trinajstić information content (AvgIpc) is 3.22. The van der Waals surface area contributed by atoms with Gasteiger partial charge < -0.3 is 10.8 Å². The van der Waals surface area contributed by atoms with Gasteiger partial charge in [0.2, 0.25) is 10.0 Å². The lowest BCUT2D eigenvalue weighted by Gasteiger charge is -2.22. The lowest BCUT2D eigenvalue weighted by atomic mass is 9.98. The molecule has 160 valence electrons. The Hall–Kier alpha value is -2.50. The van der Waals surface area contributed by atoms with Crippen LogP contribution in [0, 0.1) is 11.6 Å². The van der Waals surface area contributed by atoms with Crippen LogP contribution in [0.5, 0.6) is 0 Å². The fraction of sp³-hybridized carbons (Fsp3) is 0.316. The van der Waals surface area contributed by atoms with E-state index in [1.165, 1.54) is 6.07 Å². The first-order valence-electron chi connectivity index (χ1n) is 8.97. The summed E-state index contributed by atoms with van der Waals surface area (Å²) in [7, 11) is -4.50. The molecule has 1 fully saturated rings. The zero-order valence-electron chi connectivity index (χ0n) is 15.4. The van der Waals surface area contributed by atoms with Gasteiger partial charge in [-0.05, 0) is 23.8 Å². The molecular formula is C19H17F4N3O3S. The third-order valence-electron chi connectivity index (χ3n) is 5.28. The lowest BCUT2D eigenvalue weighted by molar-refractivity contribution is 0.0161. The number of rotatable bonds is 4. The molecule has 2 aromatic carbocycles. The van der Waals surface area contributed by atoms with Crippen LogP contribution >= 0.6 is 0 Å². The Balaban J connectivity index is 1.73. The van der Waals surface area contributed by atoms with Crippen LogP contribution in [-0.4, -0.2) is 48.8 Å². The van der Waals surface area contributed by atoms with E-state index in [-0.39, 0.29) is 29.1 Å². The van der Waals surface area contributed by atoms with Crippen molar-refractivity contribution < 1.29 is 31.1 Å². The minimum absolute atomic E-state index is 0.00559. The first-order valence-corrected chi connectivity index (χ1v) is 10.4. The molecule has 2 aromatic rings. The number of hydrogen-bond donors (Lipinski definition) is 2. The fourth-order valence-electron chi connectivity index (χ4n) is 3.80. The van der Waals surface area contributed by atoms with Crippen molar-refractivity contribution in [1.82, 2.24) is 4.31 Å². The van der Waals surface area contributed by atoms with Crippen molar-refractivity contribution in [2.24, 2.45) is 10.7 Å². The molecule has 0 aromatic heterocycles. The van der Waals surface area contributed by atoms with E-state index in [2.05, 4.69) is 4.99 Å². The second kappa shape index (κ2) is 7.03. The smallest absolute Gasteiger partial charge is 0.263 e. The van der Waals surface area contributed by atoms with Crippen molar-refractivity contribution >= 4 is 15.9 Å². The molecule has 3 N–H and O–H groups in total. The van der Waals surface area contributed by atoms with Crippen molar-refractivity contribution in [1.29, 1.82) is 0 Å². The molecule has 2 aliphatic heterocycles. The van der Waals surface area contributed by atoms with E-state index in [4.69, 9.17) is 5.73 Å². The molecule has 30 heavy (non-hydrogen) atoms. The van der Waals surface area contributed by atoms with Crippen LogP contribution < -0.4 is 5.73 Å². The van der Waals surface area contributed by atoms with Gasteiger partial charge in [-0.3, -0.25) is 4.99 Å². The molecule has 2 heterocycles. The number of amidine groups is 1. The van der Waals surface area contributed by atoms with Gasteiger partial charge in [0.25, 0.3) is 5.92 Å². The zero-order valence-corrected chi connectivity index (χ0v) is 16.3. The summed E-state index contributed by atoms with van der Waals surface area (Å²) in [4.78, 5) is 3.37. The van der Waals surface area contributed by atoms with Crippen LogP contribution in [-0.2, 0) is 16.6 Å². The van der Waals surface area contributed by atoms with E-state index >= 15 is 0 Å². The normalized spacial score (nSPS) is 21.0. The Kier molecular flexibility index (Phi) is 4.87. The van der Waals surface area contributed by atoms with Crippen LogP contribution in [0.15, 0.2) is 40.2 Å². The molecule has 0 bridgehead atoms. The Labute approximate surface area is 169 Å².